The minimum Gasteiger partial charge on any atom is -0.480 e. The van der Waals surface area contributed by atoms with Gasteiger partial charge in [-0.1, -0.05) is 12.1 Å². The fraction of sp³-hybridized carbons (Fsp3) is 0.500. The van der Waals surface area contributed by atoms with Gasteiger partial charge in [0.2, 0.25) is 0 Å². The van der Waals surface area contributed by atoms with Gasteiger partial charge in [-0.15, -0.1) is 0 Å². The number of hydrogen-bond acceptors (Lipinski definition) is 4. The molecule has 0 heterocycles. The first-order chi connectivity index (χ1) is 11.3. The number of aliphatic carboxylic acids is 1. The van der Waals surface area contributed by atoms with Crippen LogP contribution in [0.15, 0.2) is 24.3 Å². The number of methoxy groups -OCH3 is 1. The number of carboxylic acids is 1. The van der Waals surface area contributed by atoms with E-state index in [0.717, 1.165) is 12.1 Å². The van der Waals surface area contributed by atoms with Crippen LogP contribution in [0, 0.1) is 0 Å². The summed E-state index contributed by atoms with van der Waals surface area (Å²) in [6, 6.07) is 2.66. The zero-order valence-corrected chi connectivity index (χ0v) is 12.9. The zero-order valence-electron chi connectivity index (χ0n) is 12.9. The molecule has 0 saturated carbocycles. The van der Waals surface area contributed by atoms with Crippen LogP contribution in [0.25, 0.3) is 0 Å². The van der Waals surface area contributed by atoms with Gasteiger partial charge in [-0.25, -0.2) is 0 Å². The van der Waals surface area contributed by atoms with Crippen molar-refractivity contribution in [3.8, 4) is 0 Å². The van der Waals surface area contributed by atoms with E-state index in [1.807, 2.05) is 0 Å². The summed E-state index contributed by atoms with van der Waals surface area (Å²) in [5.74, 6) is -1.25. The SMILES string of the molecule is COCCN(CC(=O)O)c1ccc(C(O)(C(F)(F)F)C(F)(F)F)cc1. The average Bonchev–Trinajstić information content (AvgIpc) is 2.48. The Hall–Kier alpha value is -2.01. The van der Waals surface area contributed by atoms with Crippen molar-refractivity contribution in [1.29, 1.82) is 0 Å². The second-order valence-corrected chi connectivity index (χ2v) is 5.06. The van der Waals surface area contributed by atoms with Gasteiger partial charge >= 0.3 is 18.3 Å². The highest BCUT2D eigenvalue weighted by Gasteiger charge is 2.71. The van der Waals surface area contributed by atoms with Crippen LogP contribution in [-0.4, -0.2) is 55.3 Å². The van der Waals surface area contributed by atoms with Crippen LogP contribution in [0.3, 0.4) is 0 Å². The molecule has 0 fully saturated rings. The molecule has 1 aromatic rings. The fourth-order valence-corrected chi connectivity index (χ4v) is 2.07. The summed E-state index contributed by atoms with van der Waals surface area (Å²) in [4.78, 5) is 12.0. The summed E-state index contributed by atoms with van der Waals surface area (Å²) in [6.45, 7) is -0.402. The van der Waals surface area contributed by atoms with Gasteiger partial charge in [-0.2, -0.15) is 26.3 Å². The molecule has 1 rings (SSSR count). The molecular formula is C14H15F6NO4. The lowest BCUT2D eigenvalue weighted by Crippen LogP contribution is -2.53. The van der Waals surface area contributed by atoms with Gasteiger partial charge in [0.05, 0.1) is 6.61 Å². The fourth-order valence-electron chi connectivity index (χ4n) is 2.07. The van der Waals surface area contributed by atoms with Crippen molar-refractivity contribution < 1.29 is 46.1 Å². The molecule has 0 aliphatic rings. The molecular weight excluding hydrogens is 360 g/mol. The van der Waals surface area contributed by atoms with E-state index in [9.17, 15) is 36.2 Å². The van der Waals surface area contributed by atoms with Crippen LogP contribution in [0.4, 0.5) is 32.0 Å². The van der Waals surface area contributed by atoms with Crippen molar-refractivity contribution >= 4 is 11.7 Å². The van der Waals surface area contributed by atoms with Gasteiger partial charge in [-0.05, 0) is 12.1 Å². The molecule has 0 spiro atoms. The molecule has 0 unspecified atom stereocenters. The van der Waals surface area contributed by atoms with Crippen LogP contribution in [0.2, 0.25) is 0 Å². The lowest BCUT2D eigenvalue weighted by atomic mass is 9.92. The molecule has 0 atom stereocenters. The van der Waals surface area contributed by atoms with Gasteiger partial charge in [0, 0.05) is 24.9 Å². The Morgan fingerprint density at radius 2 is 1.56 bits per heavy atom. The Morgan fingerprint density at radius 1 is 1.08 bits per heavy atom. The Kier molecular flexibility index (Phi) is 6.29. The number of hydrogen-bond donors (Lipinski definition) is 2. The first kappa shape index (κ1) is 21.0. The minimum absolute atomic E-state index is 0.0466. The highest BCUT2D eigenvalue weighted by Crippen LogP contribution is 2.50. The van der Waals surface area contributed by atoms with Crippen LogP contribution in [0.5, 0.6) is 0 Å². The maximum absolute atomic E-state index is 12.8. The maximum atomic E-state index is 12.8. The van der Waals surface area contributed by atoms with Crippen LogP contribution >= 0.6 is 0 Å². The number of benzene rings is 1. The van der Waals surface area contributed by atoms with Gasteiger partial charge in [0.25, 0.3) is 5.60 Å². The predicted molar refractivity (Wildman–Crippen MR) is 74.2 cm³/mol. The van der Waals surface area contributed by atoms with E-state index in [-0.39, 0.29) is 18.8 Å². The number of nitrogens with zero attached hydrogens (tertiary/aromatic N) is 1. The first-order valence-electron chi connectivity index (χ1n) is 6.76. The quantitative estimate of drug-likeness (QED) is 0.717. The van der Waals surface area contributed by atoms with E-state index in [1.54, 1.807) is 0 Å². The molecule has 0 saturated heterocycles. The van der Waals surface area contributed by atoms with Gasteiger partial charge < -0.3 is 19.8 Å². The monoisotopic (exact) mass is 375 g/mol. The van der Waals surface area contributed by atoms with Gasteiger partial charge in [0.15, 0.2) is 0 Å². The molecule has 0 radical (unpaired) electrons. The summed E-state index contributed by atoms with van der Waals surface area (Å²) >= 11 is 0. The molecule has 142 valence electrons. The van der Waals surface area contributed by atoms with Crippen molar-refractivity contribution in [3.05, 3.63) is 29.8 Å². The third-order valence-corrected chi connectivity index (χ3v) is 3.36. The van der Waals surface area contributed by atoms with Crippen molar-refractivity contribution in [3.63, 3.8) is 0 Å². The van der Waals surface area contributed by atoms with E-state index >= 15 is 0 Å². The standard InChI is InChI=1S/C14H15F6NO4/c1-25-7-6-21(8-11(22)23)10-4-2-9(3-5-10)12(24,13(15,16)17)14(18,19)20/h2-5,24H,6-8H2,1H3,(H,22,23). The van der Waals surface area contributed by atoms with E-state index in [0.29, 0.717) is 12.1 Å². The van der Waals surface area contributed by atoms with Crippen LogP contribution < -0.4 is 4.90 Å². The number of rotatable bonds is 7. The highest BCUT2D eigenvalue weighted by atomic mass is 19.4. The maximum Gasteiger partial charge on any atom is 0.430 e. The van der Waals surface area contributed by atoms with Crippen molar-refractivity contribution in [2.75, 3.05) is 31.7 Å². The number of alkyl halides is 6. The van der Waals surface area contributed by atoms with Crippen molar-refractivity contribution in [2.24, 2.45) is 0 Å². The van der Waals surface area contributed by atoms with E-state index in [2.05, 4.69) is 0 Å². The molecule has 25 heavy (non-hydrogen) atoms. The molecule has 2 N–H and O–H groups in total. The minimum atomic E-state index is -5.98. The molecule has 1 aromatic carbocycles. The summed E-state index contributed by atoms with van der Waals surface area (Å²) in [7, 11) is 1.34. The third-order valence-electron chi connectivity index (χ3n) is 3.36. The average molecular weight is 375 g/mol. The van der Waals surface area contributed by atoms with E-state index < -0.39 is 36.0 Å². The smallest absolute Gasteiger partial charge is 0.430 e. The van der Waals surface area contributed by atoms with Crippen molar-refractivity contribution in [2.45, 2.75) is 18.0 Å². The Labute approximate surface area is 138 Å². The lowest BCUT2D eigenvalue weighted by Gasteiger charge is -2.33. The molecule has 0 amide bonds. The normalized spacial score (nSPS) is 13.0. The molecule has 5 nitrogen and oxygen atoms in total. The second-order valence-electron chi connectivity index (χ2n) is 5.06. The topological polar surface area (TPSA) is 70.0 Å². The second kappa shape index (κ2) is 7.48. The first-order valence-corrected chi connectivity index (χ1v) is 6.76. The number of anilines is 1. The molecule has 11 heteroatoms. The zero-order chi connectivity index (χ0) is 19.5. The van der Waals surface area contributed by atoms with Crippen molar-refractivity contribution in [1.82, 2.24) is 0 Å². The lowest BCUT2D eigenvalue weighted by molar-refractivity contribution is -0.376. The molecule has 0 aromatic heterocycles. The Balaban J connectivity index is 3.24. The number of carbonyl (C=O) groups is 1. The number of ether oxygens (including phenoxy) is 1. The predicted octanol–water partition coefficient (Wildman–Crippen LogP) is 2.54. The largest absolute Gasteiger partial charge is 0.480 e. The number of halogens is 6. The Morgan fingerprint density at radius 3 is 1.92 bits per heavy atom. The van der Waals surface area contributed by atoms with E-state index in [1.165, 1.54) is 12.0 Å². The highest BCUT2D eigenvalue weighted by molar-refractivity contribution is 5.73. The van der Waals surface area contributed by atoms with Gasteiger partial charge in [0.1, 0.15) is 6.54 Å². The summed E-state index contributed by atoms with van der Waals surface area (Å²) < 4.78 is 81.6. The molecule has 0 bridgehead atoms. The van der Waals surface area contributed by atoms with Crippen LogP contribution in [0.1, 0.15) is 5.56 Å². The number of aliphatic hydroxyl groups is 1. The van der Waals surface area contributed by atoms with Crippen LogP contribution in [-0.2, 0) is 15.1 Å². The summed E-state index contributed by atoms with van der Waals surface area (Å²) in [5.41, 5.74) is -6.38. The third kappa shape index (κ3) is 4.54. The summed E-state index contributed by atoms with van der Waals surface area (Å²) in [5, 5.41) is 18.1. The van der Waals surface area contributed by atoms with E-state index in [4.69, 9.17) is 9.84 Å². The Bertz CT molecular complexity index is 570. The number of carboxylic acid groups (broad SMARTS) is 1. The summed E-state index contributed by atoms with van der Waals surface area (Å²) in [6.07, 6.45) is -12.0. The van der Waals surface area contributed by atoms with Gasteiger partial charge in [-0.3, -0.25) is 4.79 Å². The molecule has 0 aliphatic heterocycles. The molecule has 0 aliphatic carbocycles.